The maximum atomic E-state index is 13.6. The zero-order chi connectivity index (χ0) is 34.9. The minimum atomic E-state index is -3.93. The average Bonchev–Trinajstić information content (AvgIpc) is 3.10. The predicted molar refractivity (Wildman–Crippen MR) is 194 cm³/mol. The van der Waals surface area contributed by atoms with Crippen LogP contribution in [0, 0.1) is 29.6 Å². The molecule has 1 aliphatic carbocycles. The van der Waals surface area contributed by atoms with Crippen LogP contribution in [0.4, 0.5) is 5.69 Å². The van der Waals surface area contributed by atoms with Gasteiger partial charge in [0.15, 0.2) is 6.29 Å². The second-order valence-electron chi connectivity index (χ2n) is 15.2. The fourth-order valence-electron chi connectivity index (χ4n) is 8.10. The molecule has 4 aliphatic rings. The summed E-state index contributed by atoms with van der Waals surface area (Å²) in [6.07, 6.45) is 6.54. The summed E-state index contributed by atoms with van der Waals surface area (Å²) < 4.78 is 49.1. The second-order valence-corrected chi connectivity index (χ2v) is 17.7. The first-order chi connectivity index (χ1) is 23.4. The Morgan fingerprint density at radius 1 is 0.918 bits per heavy atom. The van der Waals surface area contributed by atoms with E-state index in [-0.39, 0.29) is 30.1 Å². The summed E-state index contributed by atoms with van der Waals surface area (Å²) in [7, 11) is 0.183. The van der Waals surface area contributed by atoms with Crippen LogP contribution in [0.25, 0.3) is 0 Å². The smallest absolute Gasteiger partial charge is 0.264 e. The molecule has 3 aliphatic heterocycles. The van der Waals surface area contributed by atoms with Crippen LogP contribution in [0.3, 0.4) is 0 Å². The Bertz CT molecular complexity index is 1580. The summed E-state index contributed by atoms with van der Waals surface area (Å²) in [6.45, 7) is 9.09. The monoisotopic (exact) mass is 715 g/mol. The Labute approximate surface area is 298 Å². The number of benzene rings is 2. The number of carbonyl (C=O) groups is 1. The Balaban J connectivity index is 1.36. The van der Waals surface area contributed by atoms with E-state index in [1.54, 1.807) is 13.0 Å². The molecule has 0 spiro atoms. The number of fused-ring (bicyclic) bond motifs is 3. The maximum absolute atomic E-state index is 13.6. The van der Waals surface area contributed by atoms with Crippen molar-refractivity contribution in [2.75, 3.05) is 45.3 Å². The maximum Gasteiger partial charge on any atom is 0.264 e. The van der Waals surface area contributed by atoms with Gasteiger partial charge in [-0.2, -0.15) is 0 Å². The highest BCUT2D eigenvalue weighted by Crippen LogP contribution is 2.47. The third-order valence-electron chi connectivity index (χ3n) is 12.0. The molecule has 11 heteroatoms. The molecule has 2 bridgehead atoms. The fourth-order valence-corrected chi connectivity index (χ4v) is 9.69. The van der Waals surface area contributed by atoms with E-state index in [1.165, 1.54) is 5.56 Å². The van der Waals surface area contributed by atoms with E-state index in [2.05, 4.69) is 35.5 Å². The summed E-state index contributed by atoms with van der Waals surface area (Å²) in [6, 6.07) is 11.5. The van der Waals surface area contributed by atoms with E-state index in [0.29, 0.717) is 43.0 Å². The number of hydrogen-bond acceptors (Lipinski definition) is 8. The summed E-state index contributed by atoms with van der Waals surface area (Å²) in [5.41, 5.74) is 3.42. The first-order valence-corrected chi connectivity index (χ1v) is 20.1. The number of hydrogen-bond donors (Lipinski definition) is 1. The fraction of sp³-hybridized carbons (Fsp3) is 0.658. The largest absolute Gasteiger partial charge is 0.487 e. The van der Waals surface area contributed by atoms with Gasteiger partial charge in [-0.05, 0) is 131 Å². The number of rotatable bonds is 2. The highest BCUT2D eigenvalue weighted by Gasteiger charge is 2.44. The molecule has 0 radical (unpaired) electrons. The summed E-state index contributed by atoms with van der Waals surface area (Å²) >= 11 is 6.38. The summed E-state index contributed by atoms with van der Waals surface area (Å²) in [5.74, 6) is 1.09. The van der Waals surface area contributed by atoms with Gasteiger partial charge in [0.2, 0.25) is 10.0 Å². The van der Waals surface area contributed by atoms with Gasteiger partial charge in [-0.15, -0.1) is 0 Å². The van der Waals surface area contributed by atoms with Crippen molar-refractivity contribution in [1.29, 1.82) is 0 Å². The Hall–Kier alpha value is -2.37. The summed E-state index contributed by atoms with van der Waals surface area (Å²) in [5, 5.41) is -0.0249. The molecule has 49 heavy (non-hydrogen) atoms. The number of nitrogens with zero attached hydrogens (tertiary/aromatic N) is 2. The number of halogens is 1. The van der Waals surface area contributed by atoms with Crippen LogP contribution in [0.1, 0.15) is 80.8 Å². The number of sulfonamides is 1. The molecular weight excluding hydrogens is 662 g/mol. The predicted octanol–water partition coefficient (Wildman–Crippen LogP) is 6.52. The molecule has 1 saturated carbocycles. The second kappa shape index (κ2) is 15.5. The quantitative estimate of drug-likeness (QED) is 0.376. The Kier molecular flexibility index (Phi) is 11.5. The molecule has 2 aromatic rings. The first-order valence-electron chi connectivity index (χ1n) is 18.2. The van der Waals surface area contributed by atoms with Crippen molar-refractivity contribution in [3.63, 3.8) is 0 Å². The zero-order valence-corrected chi connectivity index (χ0v) is 31.3. The van der Waals surface area contributed by atoms with Gasteiger partial charge in [0.25, 0.3) is 5.91 Å². The molecule has 2 fully saturated rings. The molecule has 6 atom stereocenters. The highest BCUT2D eigenvalue weighted by atomic mass is 35.5. The lowest BCUT2D eigenvalue weighted by Gasteiger charge is -2.48. The number of aryl methyl sites for hydroxylation is 1. The van der Waals surface area contributed by atoms with Gasteiger partial charge in [-0.25, -0.2) is 13.1 Å². The highest BCUT2D eigenvalue weighted by molar-refractivity contribution is 7.90. The Morgan fingerprint density at radius 2 is 1.67 bits per heavy atom. The van der Waals surface area contributed by atoms with E-state index in [0.717, 1.165) is 74.3 Å². The zero-order valence-electron chi connectivity index (χ0n) is 29.7. The lowest BCUT2D eigenvalue weighted by Crippen LogP contribution is -2.51. The van der Waals surface area contributed by atoms with E-state index in [9.17, 15) is 13.2 Å². The molecule has 9 nitrogen and oxygen atoms in total. The molecule has 3 heterocycles. The topological polar surface area (TPSA) is 97.4 Å². The van der Waals surface area contributed by atoms with Gasteiger partial charge >= 0.3 is 0 Å². The minimum Gasteiger partial charge on any atom is -0.487 e. The number of ether oxygens (including phenoxy) is 3. The van der Waals surface area contributed by atoms with E-state index >= 15 is 0 Å². The van der Waals surface area contributed by atoms with Crippen LogP contribution < -0.4 is 14.4 Å². The van der Waals surface area contributed by atoms with Gasteiger partial charge < -0.3 is 24.0 Å². The Morgan fingerprint density at radius 3 is 2.39 bits per heavy atom. The van der Waals surface area contributed by atoms with Crippen molar-refractivity contribution >= 4 is 33.2 Å². The average molecular weight is 716 g/mol. The molecule has 270 valence electrons. The van der Waals surface area contributed by atoms with E-state index < -0.39 is 21.2 Å². The number of nitrogens with one attached hydrogen (secondary N) is 1. The van der Waals surface area contributed by atoms with E-state index in [1.807, 2.05) is 37.3 Å². The SMILES string of the molecule is C[C@@H]1[C@H](C)CC[C@@H](C2OCC(N(C)C)CO2)[C@@H]2CC[C@H]2CN2CCCCc3cc(Cl)ccc3COc3ccc(cc32)C(=O)NS(=O)(=O)[C@@H]1C. The number of amides is 1. The van der Waals surface area contributed by atoms with Gasteiger partial charge in [0, 0.05) is 29.6 Å². The van der Waals surface area contributed by atoms with Crippen LogP contribution >= 0.6 is 11.6 Å². The standard InChI is InChI=1S/C38H54ClN3O6S/c1-24-9-14-34(38-47-22-32(23-48-38)41(4)5)33-15-11-29(33)20-42-17-7-6-8-27-18-31(39)13-10-30(27)21-46-36-16-12-28(19-35(36)42)37(43)40-49(44,45)26(3)25(24)2/h10,12-13,16,18-19,24-26,29,32-34,38H,6-9,11,14-15,17,20-23H2,1-5H3,(H,40,43)/t24-,25-,26-,29+,32?,33-,34-,38?/m1/s1. The third-order valence-corrected chi connectivity index (χ3v) is 14.1. The number of likely N-dealkylation sites (N-methyl/N-ethyl adjacent to an activating group) is 1. The van der Waals surface area contributed by atoms with E-state index in [4.69, 9.17) is 25.8 Å². The molecule has 2 aromatic carbocycles. The van der Waals surface area contributed by atoms with Crippen molar-refractivity contribution in [3.05, 3.63) is 58.1 Å². The van der Waals surface area contributed by atoms with Gasteiger partial charge in [-0.3, -0.25) is 4.79 Å². The molecule has 0 aromatic heterocycles. The van der Waals surface area contributed by atoms with Crippen LogP contribution in [0.5, 0.6) is 5.75 Å². The number of anilines is 1. The van der Waals surface area contributed by atoms with Gasteiger partial charge in [0.05, 0.1) is 30.2 Å². The van der Waals surface area contributed by atoms with Gasteiger partial charge in [0.1, 0.15) is 12.4 Å². The van der Waals surface area contributed by atoms with Crippen LogP contribution in [-0.4, -0.2) is 77.2 Å². The molecule has 1 amide bonds. The van der Waals surface area contributed by atoms with Crippen molar-refractivity contribution in [2.45, 2.75) is 89.9 Å². The van der Waals surface area contributed by atoms with Crippen LogP contribution in [0.15, 0.2) is 36.4 Å². The molecule has 1 N–H and O–H groups in total. The van der Waals surface area contributed by atoms with Crippen molar-refractivity contribution < 1.29 is 27.4 Å². The molecule has 1 saturated heterocycles. The first kappa shape index (κ1) is 36.4. The van der Waals surface area contributed by atoms with Crippen LogP contribution in [-0.2, 0) is 32.5 Å². The normalized spacial score (nSPS) is 32.8. The van der Waals surface area contributed by atoms with Crippen molar-refractivity contribution in [1.82, 2.24) is 9.62 Å². The molecule has 0 unspecified atom stereocenters. The third kappa shape index (κ3) is 8.25. The van der Waals surface area contributed by atoms with Crippen molar-refractivity contribution in [2.24, 2.45) is 29.6 Å². The van der Waals surface area contributed by atoms with Crippen molar-refractivity contribution in [3.8, 4) is 5.75 Å². The molecule has 6 rings (SSSR count). The molecular formula is C38H54ClN3O6S. The van der Waals surface area contributed by atoms with Gasteiger partial charge in [-0.1, -0.05) is 31.5 Å². The lowest BCUT2D eigenvalue weighted by molar-refractivity contribution is -0.241. The van der Waals surface area contributed by atoms with Crippen LogP contribution in [0.2, 0.25) is 5.02 Å². The summed E-state index contributed by atoms with van der Waals surface area (Å²) in [4.78, 5) is 18.1. The lowest BCUT2D eigenvalue weighted by atomic mass is 9.64. The number of carbonyl (C=O) groups excluding carboxylic acids is 1. The minimum absolute atomic E-state index is 0.127.